The van der Waals surface area contributed by atoms with E-state index in [4.69, 9.17) is 14.2 Å². The van der Waals surface area contributed by atoms with Crippen molar-refractivity contribution >= 4 is 22.4 Å². The third kappa shape index (κ3) is 5.72. The van der Waals surface area contributed by atoms with Crippen LogP contribution in [0.5, 0.6) is 17.2 Å². The molecule has 7 heteroatoms. The van der Waals surface area contributed by atoms with E-state index in [0.717, 1.165) is 28.4 Å². The van der Waals surface area contributed by atoms with Crippen LogP contribution in [0.15, 0.2) is 54.7 Å². The van der Waals surface area contributed by atoms with Gasteiger partial charge in [-0.3, -0.25) is 10.1 Å². The van der Waals surface area contributed by atoms with Crippen LogP contribution >= 0.6 is 11.3 Å². The van der Waals surface area contributed by atoms with Gasteiger partial charge < -0.3 is 14.2 Å². The molecular weight excluding hydrogens is 376 g/mol. The highest BCUT2D eigenvalue weighted by Gasteiger charge is 2.08. The van der Waals surface area contributed by atoms with Gasteiger partial charge in [0.2, 0.25) is 0 Å². The van der Waals surface area contributed by atoms with Gasteiger partial charge in [0.15, 0.2) is 11.7 Å². The summed E-state index contributed by atoms with van der Waals surface area (Å²) in [5, 5.41) is 3.33. The minimum Gasteiger partial charge on any atom is -0.497 e. The molecule has 0 aliphatic carbocycles. The van der Waals surface area contributed by atoms with E-state index in [1.54, 1.807) is 25.4 Å². The predicted octanol–water partition coefficient (Wildman–Crippen LogP) is 4.16. The van der Waals surface area contributed by atoms with Crippen molar-refractivity contribution in [3.05, 3.63) is 65.2 Å². The number of nitrogens with one attached hydrogen (secondary N) is 1. The maximum atomic E-state index is 12.1. The molecule has 0 fully saturated rings. The second-order valence-electron chi connectivity index (χ2n) is 5.90. The van der Waals surface area contributed by atoms with Crippen molar-refractivity contribution in [1.29, 1.82) is 0 Å². The maximum Gasteiger partial charge on any atom is 0.264 e. The number of methoxy groups -OCH3 is 1. The number of carbonyl (C=O) groups excluding carboxylic acids is 1. The molecule has 0 aliphatic heterocycles. The van der Waals surface area contributed by atoms with Crippen LogP contribution < -0.4 is 19.5 Å². The Morgan fingerprint density at radius 1 is 1.00 bits per heavy atom. The minimum absolute atomic E-state index is 0.0820. The number of amides is 1. The van der Waals surface area contributed by atoms with E-state index < -0.39 is 0 Å². The molecule has 3 aromatic rings. The highest BCUT2D eigenvalue weighted by molar-refractivity contribution is 7.15. The molecule has 28 heavy (non-hydrogen) atoms. The van der Waals surface area contributed by atoms with Crippen LogP contribution in [0, 0.1) is 0 Å². The molecule has 0 saturated heterocycles. The van der Waals surface area contributed by atoms with Gasteiger partial charge in [-0.1, -0.05) is 12.1 Å². The largest absolute Gasteiger partial charge is 0.497 e. The van der Waals surface area contributed by atoms with Crippen molar-refractivity contribution in [3.63, 3.8) is 0 Å². The topological polar surface area (TPSA) is 69.7 Å². The highest BCUT2D eigenvalue weighted by atomic mass is 32.1. The zero-order valence-corrected chi connectivity index (χ0v) is 16.6. The van der Waals surface area contributed by atoms with Crippen molar-refractivity contribution in [3.8, 4) is 17.2 Å². The Morgan fingerprint density at radius 2 is 1.64 bits per heavy atom. The van der Waals surface area contributed by atoms with Crippen LogP contribution in [-0.4, -0.2) is 31.2 Å². The fourth-order valence-electron chi connectivity index (χ4n) is 2.49. The number of ether oxygens (including phenoxy) is 3. The van der Waals surface area contributed by atoms with Crippen molar-refractivity contribution in [2.24, 2.45) is 0 Å². The Bertz CT molecular complexity index is 892. The smallest absolute Gasteiger partial charge is 0.264 e. The maximum absolute atomic E-state index is 12.1. The molecule has 0 aliphatic rings. The summed E-state index contributed by atoms with van der Waals surface area (Å²) in [6, 6.07) is 15.0. The Balaban J connectivity index is 1.47. The Kier molecular flexibility index (Phi) is 6.86. The summed E-state index contributed by atoms with van der Waals surface area (Å²) < 4.78 is 16.0. The van der Waals surface area contributed by atoms with Gasteiger partial charge in [0.1, 0.15) is 17.2 Å². The number of anilines is 1. The number of thiazole rings is 1. The molecule has 0 atom stereocenters. The Labute approximate surface area is 168 Å². The summed E-state index contributed by atoms with van der Waals surface area (Å²) in [6.45, 7) is 2.45. The van der Waals surface area contributed by atoms with E-state index in [9.17, 15) is 4.79 Å². The molecule has 6 nitrogen and oxygen atoms in total. The van der Waals surface area contributed by atoms with Crippen molar-refractivity contribution < 1.29 is 19.0 Å². The second kappa shape index (κ2) is 9.75. The average Bonchev–Trinajstić information content (AvgIpc) is 3.15. The third-order valence-corrected chi connectivity index (χ3v) is 4.75. The van der Waals surface area contributed by atoms with Crippen LogP contribution in [0.2, 0.25) is 0 Å². The van der Waals surface area contributed by atoms with E-state index in [1.165, 1.54) is 11.3 Å². The molecule has 0 saturated carbocycles. The fraction of sp³-hybridized carbons (Fsp3) is 0.238. The lowest BCUT2D eigenvalue weighted by Crippen LogP contribution is -2.19. The molecule has 1 amide bonds. The molecule has 1 N–H and O–H groups in total. The van der Waals surface area contributed by atoms with Gasteiger partial charge in [0, 0.05) is 17.5 Å². The number of carbonyl (C=O) groups is 1. The first-order valence-electron chi connectivity index (χ1n) is 8.89. The first-order valence-corrected chi connectivity index (χ1v) is 9.71. The lowest BCUT2D eigenvalue weighted by molar-refractivity contribution is -0.118. The van der Waals surface area contributed by atoms with Gasteiger partial charge in [-0.05, 0) is 48.9 Å². The summed E-state index contributed by atoms with van der Waals surface area (Å²) in [5.41, 5.74) is 1.15. The van der Waals surface area contributed by atoms with E-state index in [2.05, 4.69) is 10.3 Å². The Morgan fingerprint density at radius 3 is 2.29 bits per heavy atom. The first kappa shape index (κ1) is 19.7. The van der Waals surface area contributed by atoms with E-state index in [0.29, 0.717) is 17.5 Å². The van der Waals surface area contributed by atoms with Gasteiger partial charge in [-0.25, -0.2) is 4.98 Å². The number of hydrogen-bond acceptors (Lipinski definition) is 6. The van der Waals surface area contributed by atoms with Crippen LogP contribution in [0.3, 0.4) is 0 Å². The number of hydrogen-bond donors (Lipinski definition) is 1. The monoisotopic (exact) mass is 398 g/mol. The van der Waals surface area contributed by atoms with Gasteiger partial charge in [0.05, 0.1) is 13.7 Å². The predicted molar refractivity (Wildman–Crippen MR) is 110 cm³/mol. The normalized spacial score (nSPS) is 10.4. The zero-order chi connectivity index (χ0) is 19.8. The van der Waals surface area contributed by atoms with E-state index in [-0.39, 0.29) is 12.5 Å². The van der Waals surface area contributed by atoms with Crippen LogP contribution in [0.25, 0.3) is 0 Å². The zero-order valence-electron chi connectivity index (χ0n) is 15.8. The molecule has 0 radical (unpaired) electrons. The minimum atomic E-state index is -0.251. The highest BCUT2D eigenvalue weighted by Crippen LogP contribution is 2.22. The van der Waals surface area contributed by atoms with Crippen molar-refractivity contribution in [2.45, 2.75) is 13.3 Å². The summed E-state index contributed by atoms with van der Waals surface area (Å²) in [4.78, 5) is 17.4. The number of aromatic nitrogens is 1. The lowest BCUT2D eigenvalue weighted by Gasteiger charge is -2.07. The van der Waals surface area contributed by atoms with Crippen LogP contribution in [-0.2, 0) is 11.2 Å². The molecule has 0 bridgehead atoms. The van der Waals surface area contributed by atoms with Crippen LogP contribution in [0.1, 0.15) is 17.4 Å². The molecule has 2 aromatic carbocycles. The number of rotatable bonds is 9. The molecule has 0 unspecified atom stereocenters. The Hall–Kier alpha value is -3.06. The molecule has 0 spiro atoms. The molecule has 146 valence electrons. The molecule has 1 heterocycles. The van der Waals surface area contributed by atoms with Crippen molar-refractivity contribution in [2.75, 3.05) is 25.6 Å². The van der Waals surface area contributed by atoms with Gasteiger partial charge in [0.25, 0.3) is 5.91 Å². The quantitative estimate of drug-likeness (QED) is 0.586. The van der Waals surface area contributed by atoms with Gasteiger partial charge in [-0.15, -0.1) is 11.3 Å². The summed E-state index contributed by atoms with van der Waals surface area (Å²) in [6.07, 6.45) is 2.53. The second-order valence-corrected chi connectivity index (χ2v) is 7.01. The standard InChI is InChI=1S/C21H22N2O4S/c1-3-26-17-8-10-18(11-9-17)27-14-20(24)23-21-22-13-19(28-21)12-15-4-6-16(25-2)7-5-15/h4-11,13H,3,12,14H2,1-2H3,(H,22,23,24). The van der Waals surface area contributed by atoms with Crippen LogP contribution in [0.4, 0.5) is 5.13 Å². The van der Waals surface area contributed by atoms with Crippen molar-refractivity contribution in [1.82, 2.24) is 4.98 Å². The van der Waals surface area contributed by atoms with E-state index >= 15 is 0 Å². The summed E-state index contributed by atoms with van der Waals surface area (Å²) in [7, 11) is 1.65. The summed E-state index contributed by atoms with van der Waals surface area (Å²) >= 11 is 1.45. The average molecular weight is 398 g/mol. The number of nitrogens with zero attached hydrogens (tertiary/aromatic N) is 1. The molecule has 1 aromatic heterocycles. The van der Waals surface area contributed by atoms with Gasteiger partial charge in [-0.2, -0.15) is 0 Å². The number of benzene rings is 2. The first-order chi connectivity index (χ1) is 13.7. The third-order valence-electron chi connectivity index (χ3n) is 3.84. The SMILES string of the molecule is CCOc1ccc(OCC(=O)Nc2ncc(Cc3ccc(OC)cc3)s2)cc1. The molecule has 3 rings (SSSR count). The van der Waals surface area contributed by atoms with E-state index in [1.807, 2.05) is 43.3 Å². The summed E-state index contributed by atoms with van der Waals surface area (Å²) in [5.74, 6) is 1.96. The van der Waals surface area contributed by atoms with Gasteiger partial charge >= 0.3 is 0 Å². The molecular formula is C21H22N2O4S. The fourth-order valence-corrected chi connectivity index (χ4v) is 3.36. The lowest BCUT2D eigenvalue weighted by atomic mass is 10.1.